The molecular weight excluding hydrogens is 222 g/mol. The highest BCUT2D eigenvalue weighted by molar-refractivity contribution is 7.90. The topological polar surface area (TPSA) is 37.4 Å². The zero-order valence-corrected chi connectivity index (χ0v) is 11.2. The summed E-state index contributed by atoms with van der Waals surface area (Å²) in [7, 11) is -2.91. The third kappa shape index (κ3) is 2.77. The van der Waals surface area contributed by atoms with Gasteiger partial charge in [0.25, 0.3) is 0 Å². The van der Waals surface area contributed by atoms with Crippen LogP contribution in [0, 0.1) is 11.8 Å². The smallest absolute Gasteiger partial charge is 0.212 e. The summed E-state index contributed by atoms with van der Waals surface area (Å²) >= 11 is 0. The molecule has 4 heteroatoms. The van der Waals surface area contributed by atoms with Crippen LogP contribution in [-0.4, -0.2) is 31.1 Å². The third-order valence-corrected chi connectivity index (χ3v) is 6.08. The summed E-state index contributed by atoms with van der Waals surface area (Å²) in [6, 6.07) is 0. The maximum Gasteiger partial charge on any atom is 0.216 e. The average molecular weight is 245 g/mol. The standard InChI is InChI=1S/C12H23NO2S/c1-10(2)9-11-5-7-13(8-6-11)16(14,15)12-3-4-12/h10-12H,3-9H2,1-2H3. The molecule has 0 aromatic carbocycles. The van der Waals surface area contributed by atoms with Crippen LogP contribution in [0.15, 0.2) is 0 Å². The van der Waals surface area contributed by atoms with Crippen LogP contribution in [0.25, 0.3) is 0 Å². The van der Waals surface area contributed by atoms with Crippen molar-refractivity contribution in [3.05, 3.63) is 0 Å². The molecule has 0 bridgehead atoms. The highest BCUT2D eigenvalue weighted by Gasteiger charge is 2.41. The minimum absolute atomic E-state index is 0.0332. The zero-order valence-electron chi connectivity index (χ0n) is 10.4. The van der Waals surface area contributed by atoms with E-state index in [4.69, 9.17) is 0 Å². The Kier molecular flexibility index (Phi) is 3.59. The van der Waals surface area contributed by atoms with Crippen molar-refractivity contribution < 1.29 is 8.42 Å². The van der Waals surface area contributed by atoms with Crippen LogP contribution in [0.2, 0.25) is 0 Å². The Morgan fingerprint density at radius 3 is 2.12 bits per heavy atom. The molecule has 0 aromatic heterocycles. The lowest BCUT2D eigenvalue weighted by atomic mass is 9.89. The number of hydrogen-bond acceptors (Lipinski definition) is 2. The number of nitrogens with zero attached hydrogens (tertiary/aromatic N) is 1. The molecule has 0 unspecified atom stereocenters. The fourth-order valence-electron chi connectivity index (χ4n) is 2.64. The molecule has 2 fully saturated rings. The molecule has 2 aliphatic rings. The largest absolute Gasteiger partial charge is 0.216 e. The van der Waals surface area contributed by atoms with Gasteiger partial charge < -0.3 is 0 Å². The molecule has 1 saturated carbocycles. The summed E-state index contributed by atoms with van der Waals surface area (Å²) in [5.41, 5.74) is 0. The quantitative estimate of drug-likeness (QED) is 0.761. The van der Waals surface area contributed by atoms with Crippen LogP contribution in [0.1, 0.15) is 46.0 Å². The second-order valence-corrected chi connectivity index (χ2v) is 7.93. The number of rotatable bonds is 4. The summed E-state index contributed by atoms with van der Waals surface area (Å²) in [5, 5.41) is -0.0332. The van der Waals surface area contributed by atoms with Crippen LogP contribution >= 0.6 is 0 Å². The SMILES string of the molecule is CC(C)CC1CCN(S(=O)(=O)C2CC2)CC1. The Morgan fingerprint density at radius 2 is 1.69 bits per heavy atom. The lowest BCUT2D eigenvalue weighted by Crippen LogP contribution is -2.40. The fourth-order valence-corrected chi connectivity index (χ4v) is 4.52. The molecule has 2 rings (SSSR count). The van der Waals surface area contributed by atoms with Gasteiger partial charge in [-0.1, -0.05) is 13.8 Å². The molecule has 94 valence electrons. The lowest BCUT2D eigenvalue weighted by Gasteiger charge is -2.32. The van der Waals surface area contributed by atoms with E-state index in [9.17, 15) is 8.42 Å². The number of piperidine rings is 1. The Labute approximate surface area is 99.3 Å². The summed E-state index contributed by atoms with van der Waals surface area (Å²) < 4.78 is 25.7. The van der Waals surface area contributed by atoms with E-state index in [1.807, 2.05) is 0 Å². The summed E-state index contributed by atoms with van der Waals surface area (Å²) in [6.45, 7) is 6.01. The highest BCUT2D eigenvalue weighted by Crippen LogP contribution is 2.34. The van der Waals surface area contributed by atoms with Crippen molar-refractivity contribution in [2.45, 2.75) is 51.2 Å². The minimum atomic E-state index is -2.91. The highest BCUT2D eigenvalue weighted by atomic mass is 32.2. The van der Waals surface area contributed by atoms with Gasteiger partial charge in [-0.3, -0.25) is 0 Å². The maximum atomic E-state index is 12.0. The molecule has 16 heavy (non-hydrogen) atoms. The summed E-state index contributed by atoms with van der Waals surface area (Å²) in [6.07, 6.45) is 5.13. The molecule has 0 aromatic rings. The molecule has 1 heterocycles. The molecule has 0 spiro atoms. The Bertz CT molecular complexity index is 325. The Morgan fingerprint density at radius 1 is 1.12 bits per heavy atom. The van der Waals surface area contributed by atoms with Gasteiger partial charge >= 0.3 is 0 Å². The van der Waals surface area contributed by atoms with E-state index >= 15 is 0 Å². The van der Waals surface area contributed by atoms with Gasteiger partial charge in [0.1, 0.15) is 0 Å². The minimum Gasteiger partial charge on any atom is -0.212 e. The zero-order chi connectivity index (χ0) is 11.8. The van der Waals surface area contributed by atoms with Crippen molar-refractivity contribution in [3.8, 4) is 0 Å². The van der Waals surface area contributed by atoms with Crippen LogP contribution in [0.3, 0.4) is 0 Å². The fraction of sp³-hybridized carbons (Fsp3) is 1.00. The second kappa shape index (κ2) is 4.65. The molecule has 0 atom stereocenters. The number of sulfonamides is 1. The summed E-state index contributed by atoms with van der Waals surface area (Å²) in [5.74, 6) is 1.47. The first kappa shape index (κ1) is 12.4. The predicted molar refractivity (Wildman–Crippen MR) is 65.7 cm³/mol. The van der Waals surface area contributed by atoms with Gasteiger partial charge in [-0.2, -0.15) is 0 Å². The first-order valence-electron chi connectivity index (χ1n) is 6.49. The van der Waals surface area contributed by atoms with Gasteiger partial charge in [0.05, 0.1) is 5.25 Å². The predicted octanol–water partition coefficient (Wildman–Crippen LogP) is 2.24. The molecule has 1 aliphatic heterocycles. The van der Waals surface area contributed by atoms with Crippen LogP contribution < -0.4 is 0 Å². The van der Waals surface area contributed by atoms with Gasteiger partial charge in [-0.25, -0.2) is 12.7 Å². The average Bonchev–Trinajstić information content (AvgIpc) is 3.00. The van der Waals surface area contributed by atoms with E-state index in [-0.39, 0.29) is 5.25 Å². The van der Waals surface area contributed by atoms with Gasteiger partial charge in [0.2, 0.25) is 10.0 Å². The van der Waals surface area contributed by atoms with Crippen molar-refractivity contribution in [1.82, 2.24) is 4.31 Å². The van der Waals surface area contributed by atoms with Crippen molar-refractivity contribution in [3.63, 3.8) is 0 Å². The van der Waals surface area contributed by atoms with Crippen LogP contribution in [0.4, 0.5) is 0 Å². The van der Waals surface area contributed by atoms with E-state index in [2.05, 4.69) is 13.8 Å². The Hall–Kier alpha value is -0.0900. The van der Waals surface area contributed by atoms with Gasteiger partial charge in [-0.05, 0) is 43.9 Å². The van der Waals surface area contributed by atoms with Crippen molar-refractivity contribution in [2.75, 3.05) is 13.1 Å². The molecule has 1 aliphatic carbocycles. The normalized spacial score (nSPS) is 25.2. The second-order valence-electron chi connectivity index (χ2n) is 5.72. The lowest BCUT2D eigenvalue weighted by molar-refractivity contribution is 0.246. The molecular formula is C12H23NO2S. The monoisotopic (exact) mass is 245 g/mol. The molecule has 3 nitrogen and oxygen atoms in total. The van der Waals surface area contributed by atoms with Gasteiger partial charge in [0, 0.05) is 13.1 Å². The van der Waals surface area contributed by atoms with Crippen molar-refractivity contribution in [1.29, 1.82) is 0 Å². The Balaban J connectivity index is 1.85. The molecule has 1 saturated heterocycles. The first-order valence-corrected chi connectivity index (χ1v) is 7.99. The first-order chi connectivity index (χ1) is 7.50. The third-order valence-electron chi connectivity index (χ3n) is 3.68. The van der Waals surface area contributed by atoms with E-state index in [0.717, 1.165) is 50.6 Å². The molecule has 0 amide bonds. The van der Waals surface area contributed by atoms with E-state index in [1.165, 1.54) is 6.42 Å². The van der Waals surface area contributed by atoms with Crippen LogP contribution in [-0.2, 0) is 10.0 Å². The van der Waals surface area contributed by atoms with Crippen molar-refractivity contribution >= 4 is 10.0 Å². The molecule has 0 N–H and O–H groups in total. The molecule has 0 radical (unpaired) electrons. The van der Waals surface area contributed by atoms with Crippen molar-refractivity contribution in [2.24, 2.45) is 11.8 Å². The van der Waals surface area contributed by atoms with Crippen LogP contribution in [0.5, 0.6) is 0 Å². The van der Waals surface area contributed by atoms with E-state index < -0.39 is 10.0 Å². The summed E-state index contributed by atoms with van der Waals surface area (Å²) in [4.78, 5) is 0. The van der Waals surface area contributed by atoms with Gasteiger partial charge in [-0.15, -0.1) is 0 Å². The van der Waals surface area contributed by atoms with Gasteiger partial charge in [0.15, 0.2) is 0 Å². The van der Waals surface area contributed by atoms with E-state index in [1.54, 1.807) is 4.31 Å². The maximum absolute atomic E-state index is 12.0. The van der Waals surface area contributed by atoms with E-state index in [0.29, 0.717) is 0 Å². The number of hydrogen-bond donors (Lipinski definition) is 0.